The van der Waals surface area contributed by atoms with E-state index >= 15 is 0 Å². The summed E-state index contributed by atoms with van der Waals surface area (Å²) in [6.45, 7) is 7.74. The number of rotatable bonds is 13. The lowest BCUT2D eigenvalue weighted by molar-refractivity contribution is -0.137. The summed E-state index contributed by atoms with van der Waals surface area (Å²) >= 11 is 0. The molecule has 0 heterocycles. The molecule has 0 bridgehead atoms. The van der Waals surface area contributed by atoms with Crippen LogP contribution in [0.3, 0.4) is 0 Å². The van der Waals surface area contributed by atoms with Crippen molar-refractivity contribution in [1.82, 2.24) is 0 Å². The van der Waals surface area contributed by atoms with E-state index in [4.69, 9.17) is 16.4 Å². The molecule has 28 heavy (non-hydrogen) atoms. The lowest BCUT2D eigenvalue weighted by atomic mass is 10.1. The maximum atomic E-state index is 10.4. The van der Waals surface area contributed by atoms with Crippen LogP contribution in [0.25, 0.3) is 16.0 Å². The summed E-state index contributed by atoms with van der Waals surface area (Å²) in [5.74, 6) is 0.199. The van der Waals surface area contributed by atoms with E-state index in [1.54, 1.807) is 0 Å². The van der Waals surface area contributed by atoms with Crippen molar-refractivity contribution in [3.8, 4) is 16.9 Å². The number of unbranched alkanes of at least 4 members (excludes halogenated alkanes) is 7. The Morgan fingerprint density at radius 1 is 0.786 bits per heavy atom. The topological polar surface area (TPSA) is 50.9 Å². The zero-order valence-corrected chi connectivity index (χ0v) is 16.4. The van der Waals surface area contributed by atoms with Gasteiger partial charge in [0.15, 0.2) is 5.69 Å². The molecule has 0 radical (unpaired) electrons. The van der Waals surface area contributed by atoms with Crippen molar-refractivity contribution < 1.29 is 14.6 Å². The first kappa shape index (κ1) is 21.5. The zero-order chi connectivity index (χ0) is 20.0. The smallest absolute Gasteiger partial charge is 0.303 e. The van der Waals surface area contributed by atoms with Crippen LogP contribution in [-0.4, -0.2) is 17.7 Å². The summed E-state index contributed by atoms with van der Waals surface area (Å²) in [7, 11) is 0. The van der Waals surface area contributed by atoms with Gasteiger partial charge in [-0.3, -0.25) is 4.79 Å². The predicted molar refractivity (Wildman–Crippen MR) is 113 cm³/mol. The fourth-order valence-corrected chi connectivity index (χ4v) is 3.10. The molecule has 0 aliphatic rings. The van der Waals surface area contributed by atoms with Crippen LogP contribution in [0.5, 0.6) is 5.75 Å². The quantitative estimate of drug-likeness (QED) is 0.305. The highest BCUT2D eigenvalue weighted by Crippen LogP contribution is 2.25. The number of ether oxygens (including phenoxy) is 1. The summed E-state index contributed by atoms with van der Waals surface area (Å²) in [4.78, 5) is 13.8. The molecule has 0 saturated heterocycles. The van der Waals surface area contributed by atoms with Gasteiger partial charge in [-0.15, -0.1) is 0 Å². The molecule has 4 heteroatoms. The molecule has 148 valence electrons. The van der Waals surface area contributed by atoms with Gasteiger partial charge in [0, 0.05) is 6.42 Å². The number of hydrogen-bond donors (Lipinski definition) is 1. The van der Waals surface area contributed by atoms with Crippen molar-refractivity contribution in [3.05, 3.63) is 59.9 Å². The molecule has 2 rings (SSSR count). The molecule has 1 N–H and O–H groups in total. The third kappa shape index (κ3) is 8.26. The van der Waals surface area contributed by atoms with Crippen molar-refractivity contribution >= 4 is 11.7 Å². The van der Waals surface area contributed by atoms with Gasteiger partial charge in [-0.1, -0.05) is 74.9 Å². The third-order valence-corrected chi connectivity index (χ3v) is 4.74. The van der Waals surface area contributed by atoms with Gasteiger partial charge in [-0.05, 0) is 36.1 Å². The Hall–Kier alpha value is -2.80. The standard InChI is InChI=1S/C24H29NO3/c1-25-22-15-11-20(12-16-22)21-13-17-23(18-14-21)28-19-9-7-5-3-2-4-6-8-10-24(26)27/h11-18H,2-10,19H2,(H,26,27). The molecule has 0 saturated carbocycles. The molecule has 0 aliphatic heterocycles. The first-order valence-corrected chi connectivity index (χ1v) is 10.1. The second-order valence-corrected chi connectivity index (χ2v) is 7.00. The van der Waals surface area contributed by atoms with Gasteiger partial charge in [-0.25, -0.2) is 4.85 Å². The van der Waals surface area contributed by atoms with Gasteiger partial charge in [0.1, 0.15) is 5.75 Å². The number of carbonyl (C=O) groups is 1. The maximum Gasteiger partial charge on any atom is 0.303 e. The Kier molecular flexibility index (Phi) is 9.65. The molecule has 0 unspecified atom stereocenters. The lowest BCUT2D eigenvalue weighted by Gasteiger charge is -2.08. The number of carboxylic acids is 1. The van der Waals surface area contributed by atoms with E-state index in [2.05, 4.69) is 4.85 Å². The summed E-state index contributed by atoms with van der Waals surface area (Å²) in [6, 6.07) is 15.7. The van der Waals surface area contributed by atoms with E-state index in [9.17, 15) is 4.79 Å². The van der Waals surface area contributed by atoms with E-state index in [1.807, 2.05) is 48.5 Å². The van der Waals surface area contributed by atoms with Crippen LogP contribution >= 0.6 is 0 Å². The second kappa shape index (κ2) is 12.6. The largest absolute Gasteiger partial charge is 0.494 e. The van der Waals surface area contributed by atoms with E-state index in [0.717, 1.165) is 49.2 Å². The Labute approximate surface area is 168 Å². The molecule has 0 fully saturated rings. The minimum Gasteiger partial charge on any atom is -0.494 e. The summed E-state index contributed by atoms with van der Waals surface area (Å²) in [5.41, 5.74) is 2.87. The highest BCUT2D eigenvalue weighted by atomic mass is 16.5. The molecule has 0 atom stereocenters. The van der Waals surface area contributed by atoms with E-state index in [-0.39, 0.29) is 0 Å². The van der Waals surface area contributed by atoms with Gasteiger partial charge >= 0.3 is 5.97 Å². The van der Waals surface area contributed by atoms with E-state index in [1.165, 1.54) is 25.7 Å². The van der Waals surface area contributed by atoms with Crippen molar-refractivity contribution in [2.75, 3.05) is 6.61 Å². The number of aliphatic carboxylic acids is 1. The van der Waals surface area contributed by atoms with Gasteiger partial charge in [-0.2, -0.15) is 0 Å². The lowest BCUT2D eigenvalue weighted by Crippen LogP contribution is -1.97. The average Bonchev–Trinajstić information content (AvgIpc) is 2.72. The van der Waals surface area contributed by atoms with Crippen LogP contribution in [0, 0.1) is 6.57 Å². The molecule has 0 spiro atoms. The molecule has 0 amide bonds. The first-order valence-electron chi connectivity index (χ1n) is 10.1. The van der Waals surface area contributed by atoms with E-state index in [0.29, 0.717) is 12.1 Å². The average molecular weight is 380 g/mol. The van der Waals surface area contributed by atoms with Gasteiger partial charge < -0.3 is 9.84 Å². The van der Waals surface area contributed by atoms with Crippen LogP contribution in [0.4, 0.5) is 5.69 Å². The van der Waals surface area contributed by atoms with Crippen molar-refractivity contribution in [1.29, 1.82) is 0 Å². The van der Waals surface area contributed by atoms with Crippen molar-refractivity contribution in [3.63, 3.8) is 0 Å². The predicted octanol–water partition coefficient (Wildman–Crippen LogP) is 6.88. The van der Waals surface area contributed by atoms with E-state index < -0.39 is 5.97 Å². The number of carboxylic acid groups (broad SMARTS) is 1. The molecular formula is C24H29NO3. The molecule has 2 aromatic rings. The Morgan fingerprint density at radius 3 is 1.82 bits per heavy atom. The van der Waals surface area contributed by atoms with Crippen LogP contribution < -0.4 is 4.74 Å². The molecule has 0 aliphatic carbocycles. The van der Waals surface area contributed by atoms with Gasteiger partial charge in [0.05, 0.1) is 13.2 Å². The fourth-order valence-electron chi connectivity index (χ4n) is 3.10. The van der Waals surface area contributed by atoms with Crippen LogP contribution in [0.1, 0.15) is 57.8 Å². The molecular weight excluding hydrogens is 350 g/mol. The van der Waals surface area contributed by atoms with Gasteiger partial charge in [0.2, 0.25) is 0 Å². The molecule has 2 aromatic carbocycles. The Balaban J connectivity index is 1.55. The fraction of sp³-hybridized carbons (Fsp3) is 0.417. The SMILES string of the molecule is [C-]#[N+]c1ccc(-c2ccc(OCCCCCCCCCCC(=O)O)cc2)cc1. The minimum atomic E-state index is -0.690. The highest BCUT2D eigenvalue weighted by Gasteiger charge is 2.00. The van der Waals surface area contributed by atoms with Crippen molar-refractivity contribution in [2.45, 2.75) is 57.8 Å². The number of benzene rings is 2. The summed E-state index contributed by atoms with van der Waals surface area (Å²) < 4.78 is 5.82. The van der Waals surface area contributed by atoms with Crippen LogP contribution in [0.2, 0.25) is 0 Å². The maximum absolute atomic E-state index is 10.4. The number of nitrogens with zero attached hydrogens (tertiary/aromatic N) is 1. The minimum absolute atomic E-state index is 0.298. The second-order valence-electron chi connectivity index (χ2n) is 7.00. The Morgan fingerprint density at radius 2 is 1.29 bits per heavy atom. The normalized spacial score (nSPS) is 10.4. The first-order chi connectivity index (χ1) is 13.7. The third-order valence-electron chi connectivity index (χ3n) is 4.74. The van der Waals surface area contributed by atoms with Crippen molar-refractivity contribution in [2.24, 2.45) is 0 Å². The Bertz CT molecular complexity index is 745. The summed E-state index contributed by atoms with van der Waals surface area (Å²) in [6.07, 6.45) is 9.10. The highest BCUT2D eigenvalue weighted by molar-refractivity contribution is 5.67. The molecule has 4 nitrogen and oxygen atoms in total. The molecule has 0 aromatic heterocycles. The monoisotopic (exact) mass is 379 g/mol. The van der Waals surface area contributed by atoms with Crippen LogP contribution in [-0.2, 0) is 4.79 Å². The number of hydrogen-bond acceptors (Lipinski definition) is 2. The van der Waals surface area contributed by atoms with Crippen LogP contribution in [0.15, 0.2) is 48.5 Å². The zero-order valence-electron chi connectivity index (χ0n) is 16.4. The summed E-state index contributed by atoms with van der Waals surface area (Å²) in [5, 5.41) is 8.58. The van der Waals surface area contributed by atoms with Gasteiger partial charge in [0.25, 0.3) is 0 Å².